The van der Waals surface area contributed by atoms with Crippen LogP contribution in [0.4, 0.5) is 11.4 Å². The molecule has 0 saturated heterocycles. The number of rotatable bonds is 4. The fourth-order valence-corrected chi connectivity index (χ4v) is 2.12. The van der Waals surface area contributed by atoms with Crippen LogP contribution in [0.25, 0.3) is 0 Å². The maximum Gasteiger partial charge on any atom is 0.270 e. The molecule has 0 saturated carbocycles. The summed E-state index contributed by atoms with van der Waals surface area (Å²) in [5.41, 5.74) is 0.246. The van der Waals surface area contributed by atoms with Crippen LogP contribution in [0.1, 0.15) is 20.7 Å². The number of nitrogens with zero attached hydrogens (tertiary/aromatic N) is 1. The van der Waals surface area contributed by atoms with Gasteiger partial charge in [-0.2, -0.15) is 0 Å². The van der Waals surface area contributed by atoms with Crippen molar-refractivity contribution in [2.45, 2.75) is 0 Å². The number of non-ortho nitro benzene ring substituents is 1. The van der Waals surface area contributed by atoms with Gasteiger partial charge >= 0.3 is 0 Å². The summed E-state index contributed by atoms with van der Waals surface area (Å²) in [5, 5.41) is 15.9. The molecule has 2 N–H and O–H groups in total. The molecule has 0 fully saturated rings. The molecule has 2 aromatic rings. The predicted octanol–water partition coefficient (Wildman–Crippen LogP) is 2.86. The van der Waals surface area contributed by atoms with Crippen molar-refractivity contribution in [1.82, 2.24) is 5.32 Å². The molecule has 0 spiro atoms. The van der Waals surface area contributed by atoms with Crippen molar-refractivity contribution < 1.29 is 14.5 Å². The summed E-state index contributed by atoms with van der Waals surface area (Å²) in [6, 6.07) is 9.96. The monoisotopic (exact) mass is 333 g/mol. The Kier molecular flexibility index (Phi) is 4.92. The van der Waals surface area contributed by atoms with Gasteiger partial charge in [-0.3, -0.25) is 19.7 Å². The van der Waals surface area contributed by atoms with Gasteiger partial charge in [0.2, 0.25) is 0 Å². The number of nitro groups is 1. The second-order valence-electron chi connectivity index (χ2n) is 4.50. The van der Waals surface area contributed by atoms with Crippen LogP contribution < -0.4 is 10.6 Å². The lowest BCUT2D eigenvalue weighted by molar-refractivity contribution is -0.384. The van der Waals surface area contributed by atoms with E-state index in [-0.39, 0.29) is 33.4 Å². The molecule has 2 amide bonds. The van der Waals surface area contributed by atoms with E-state index in [0.29, 0.717) is 0 Å². The number of hydrogen-bond donors (Lipinski definition) is 2. The maximum atomic E-state index is 12.3. The van der Waals surface area contributed by atoms with Gasteiger partial charge in [0.05, 0.1) is 26.8 Å². The molecule has 0 atom stereocenters. The summed E-state index contributed by atoms with van der Waals surface area (Å²) in [6.07, 6.45) is 0. The van der Waals surface area contributed by atoms with Crippen LogP contribution >= 0.6 is 11.6 Å². The van der Waals surface area contributed by atoms with E-state index in [4.69, 9.17) is 11.6 Å². The Morgan fingerprint density at radius 2 is 1.78 bits per heavy atom. The minimum Gasteiger partial charge on any atom is -0.355 e. The first-order chi connectivity index (χ1) is 10.9. The smallest absolute Gasteiger partial charge is 0.270 e. The zero-order chi connectivity index (χ0) is 17.0. The summed E-state index contributed by atoms with van der Waals surface area (Å²) >= 11 is 5.93. The highest BCUT2D eigenvalue weighted by molar-refractivity contribution is 6.34. The van der Waals surface area contributed by atoms with Gasteiger partial charge in [-0.25, -0.2) is 0 Å². The maximum absolute atomic E-state index is 12.3. The zero-order valence-electron chi connectivity index (χ0n) is 12.0. The highest BCUT2D eigenvalue weighted by Crippen LogP contribution is 2.24. The van der Waals surface area contributed by atoms with Crippen molar-refractivity contribution in [2.75, 3.05) is 12.4 Å². The van der Waals surface area contributed by atoms with E-state index in [9.17, 15) is 19.7 Å². The number of amides is 2. The van der Waals surface area contributed by atoms with E-state index in [1.54, 1.807) is 24.3 Å². The van der Waals surface area contributed by atoms with Gasteiger partial charge in [0.1, 0.15) is 0 Å². The summed E-state index contributed by atoms with van der Waals surface area (Å²) in [5.74, 6) is -1.01. The Morgan fingerprint density at radius 3 is 2.43 bits per heavy atom. The van der Waals surface area contributed by atoms with E-state index in [1.165, 1.54) is 19.2 Å². The van der Waals surface area contributed by atoms with E-state index in [2.05, 4.69) is 10.6 Å². The van der Waals surface area contributed by atoms with Crippen molar-refractivity contribution in [3.63, 3.8) is 0 Å². The molecular formula is C15H12ClN3O4. The fraction of sp³-hybridized carbons (Fsp3) is 0.0667. The van der Waals surface area contributed by atoms with Crippen molar-refractivity contribution >= 4 is 34.8 Å². The summed E-state index contributed by atoms with van der Waals surface area (Å²) < 4.78 is 0. The number of nitrogens with one attached hydrogen (secondary N) is 2. The summed E-state index contributed by atoms with van der Waals surface area (Å²) in [6.45, 7) is 0. The number of anilines is 1. The topological polar surface area (TPSA) is 101 Å². The highest BCUT2D eigenvalue weighted by atomic mass is 35.5. The van der Waals surface area contributed by atoms with Crippen molar-refractivity contribution in [2.24, 2.45) is 0 Å². The Morgan fingerprint density at radius 1 is 1.09 bits per heavy atom. The van der Waals surface area contributed by atoms with Crippen LogP contribution in [-0.2, 0) is 0 Å². The average molecular weight is 334 g/mol. The summed E-state index contributed by atoms with van der Waals surface area (Å²) in [7, 11) is 1.47. The van der Waals surface area contributed by atoms with Crippen LogP contribution in [0.15, 0.2) is 42.5 Å². The zero-order valence-corrected chi connectivity index (χ0v) is 12.8. The Labute approximate surface area is 136 Å². The number of benzene rings is 2. The number of carbonyl (C=O) groups is 2. The van der Waals surface area contributed by atoms with Crippen LogP contribution in [-0.4, -0.2) is 23.8 Å². The molecular weight excluding hydrogens is 322 g/mol. The minimum atomic E-state index is -0.643. The molecule has 0 unspecified atom stereocenters. The van der Waals surface area contributed by atoms with Gasteiger partial charge in [0.25, 0.3) is 17.5 Å². The third-order valence-corrected chi connectivity index (χ3v) is 3.38. The molecule has 0 radical (unpaired) electrons. The molecule has 0 aliphatic carbocycles. The molecule has 0 aromatic heterocycles. The lowest BCUT2D eigenvalue weighted by atomic mass is 10.1. The molecule has 0 bridgehead atoms. The fourth-order valence-electron chi connectivity index (χ4n) is 1.92. The first kappa shape index (κ1) is 16.4. The van der Waals surface area contributed by atoms with Crippen LogP contribution in [0.2, 0.25) is 5.02 Å². The molecule has 7 nitrogen and oxygen atoms in total. The second-order valence-corrected chi connectivity index (χ2v) is 4.91. The largest absolute Gasteiger partial charge is 0.355 e. The second kappa shape index (κ2) is 6.89. The van der Waals surface area contributed by atoms with Gasteiger partial charge in [-0.05, 0) is 18.2 Å². The molecule has 23 heavy (non-hydrogen) atoms. The Hall–Kier alpha value is -2.93. The third-order valence-electron chi connectivity index (χ3n) is 3.05. The standard InChI is InChI=1S/C15H12ClN3O4/c1-17-14(20)10-4-2-3-5-13(10)18-15(21)11-8-9(19(22)23)6-7-12(11)16/h2-8H,1H3,(H,17,20)(H,18,21). The van der Waals surface area contributed by atoms with Crippen molar-refractivity contribution in [1.29, 1.82) is 0 Å². The molecule has 8 heteroatoms. The quantitative estimate of drug-likeness (QED) is 0.663. The van der Waals surface area contributed by atoms with Gasteiger partial charge in [0.15, 0.2) is 0 Å². The van der Waals surface area contributed by atoms with Crippen molar-refractivity contribution in [3.05, 3.63) is 68.7 Å². The van der Waals surface area contributed by atoms with Crippen molar-refractivity contribution in [3.8, 4) is 0 Å². The van der Waals surface area contributed by atoms with Gasteiger partial charge < -0.3 is 10.6 Å². The first-order valence-corrected chi connectivity index (χ1v) is 6.88. The van der Waals surface area contributed by atoms with Crippen LogP contribution in [0.3, 0.4) is 0 Å². The highest BCUT2D eigenvalue weighted by Gasteiger charge is 2.18. The van der Waals surface area contributed by atoms with E-state index < -0.39 is 10.8 Å². The molecule has 118 valence electrons. The normalized spacial score (nSPS) is 10.0. The molecule has 0 heterocycles. The lowest BCUT2D eigenvalue weighted by Gasteiger charge is -2.10. The number of hydrogen-bond acceptors (Lipinski definition) is 4. The molecule has 2 aromatic carbocycles. The average Bonchev–Trinajstić information content (AvgIpc) is 2.54. The number of carbonyl (C=O) groups excluding carboxylic acids is 2. The van der Waals surface area contributed by atoms with E-state index >= 15 is 0 Å². The van der Waals surface area contributed by atoms with Crippen LogP contribution in [0.5, 0.6) is 0 Å². The van der Waals surface area contributed by atoms with E-state index in [0.717, 1.165) is 6.07 Å². The Balaban J connectivity index is 2.35. The first-order valence-electron chi connectivity index (χ1n) is 6.50. The SMILES string of the molecule is CNC(=O)c1ccccc1NC(=O)c1cc([N+](=O)[O-])ccc1Cl. The van der Waals surface area contributed by atoms with E-state index in [1.807, 2.05) is 0 Å². The third kappa shape index (κ3) is 3.64. The van der Waals surface area contributed by atoms with Gasteiger partial charge in [-0.1, -0.05) is 23.7 Å². The number of halogens is 1. The minimum absolute atomic E-state index is 0.0485. The number of para-hydroxylation sites is 1. The Bertz CT molecular complexity index is 792. The van der Waals surface area contributed by atoms with Gasteiger partial charge in [0, 0.05) is 19.2 Å². The van der Waals surface area contributed by atoms with Crippen LogP contribution in [0, 0.1) is 10.1 Å². The predicted molar refractivity (Wildman–Crippen MR) is 85.9 cm³/mol. The lowest BCUT2D eigenvalue weighted by Crippen LogP contribution is -2.21. The number of nitro benzene ring substituents is 1. The summed E-state index contributed by atoms with van der Waals surface area (Å²) in [4.78, 5) is 34.3. The molecule has 0 aliphatic heterocycles. The molecule has 2 rings (SSSR count). The van der Waals surface area contributed by atoms with Gasteiger partial charge in [-0.15, -0.1) is 0 Å². The molecule has 0 aliphatic rings.